The third-order valence-electron chi connectivity index (χ3n) is 2.92. The quantitative estimate of drug-likeness (QED) is 0.334. The Balaban J connectivity index is 3.11. The zero-order chi connectivity index (χ0) is 15.3. The zero-order valence-electron chi connectivity index (χ0n) is 11.5. The van der Waals surface area contributed by atoms with Crippen molar-refractivity contribution in [2.24, 2.45) is 10.9 Å². The molecule has 0 aliphatic heterocycles. The van der Waals surface area contributed by atoms with Gasteiger partial charge in [0.05, 0.1) is 11.3 Å². The molecule has 0 saturated carbocycles. The SMILES string of the molecule is CCCS(=O)(=O)CCn1c(C)ccc(/C(N)=N/O)c1=O. The highest BCUT2D eigenvalue weighted by Crippen LogP contribution is 2.01. The third-order valence-corrected chi connectivity index (χ3v) is 4.75. The monoisotopic (exact) mass is 301 g/mol. The smallest absolute Gasteiger partial charge is 0.261 e. The van der Waals surface area contributed by atoms with Gasteiger partial charge in [-0.3, -0.25) is 4.79 Å². The second kappa shape index (κ2) is 6.56. The molecular formula is C12H19N3O4S. The molecule has 1 rings (SSSR count). The van der Waals surface area contributed by atoms with Gasteiger partial charge in [0.15, 0.2) is 15.7 Å². The summed E-state index contributed by atoms with van der Waals surface area (Å²) in [5.74, 6) is -0.303. The fourth-order valence-corrected chi connectivity index (χ4v) is 3.13. The topological polar surface area (TPSA) is 115 Å². The summed E-state index contributed by atoms with van der Waals surface area (Å²) in [6.07, 6.45) is 0.542. The van der Waals surface area contributed by atoms with Gasteiger partial charge in [0.2, 0.25) is 0 Å². The molecule has 0 radical (unpaired) electrons. The van der Waals surface area contributed by atoms with Gasteiger partial charge in [-0.1, -0.05) is 12.1 Å². The number of nitrogens with zero attached hydrogens (tertiary/aromatic N) is 2. The van der Waals surface area contributed by atoms with E-state index in [9.17, 15) is 13.2 Å². The number of nitrogens with two attached hydrogens (primary N) is 1. The Morgan fingerprint density at radius 3 is 2.60 bits per heavy atom. The van der Waals surface area contributed by atoms with Crippen LogP contribution in [0.25, 0.3) is 0 Å². The number of hydrogen-bond donors (Lipinski definition) is 2. The van der Waals surface area contributed by atoms with Crippen LogP contribution in [-0.2, 0) is 16.4 Å². The van der Waals surface area contributed by atoms with Gasteiger partial charge in [0, 0.05) is 18.0 Å². The van der Waals surface area contributed by atoms with Crippen LogP contribution in [0.3, 0.4) is 0 Å². The lowest BCUT2D eigenvalue weighted by atomic mass is 10.2. The predicted octanol–water partition coefficient (Wildman–Crippen LogP) is 0.0760. The summed E-state index contributed by atoms with van der Waals surface area (Å²) in [5.41, 5.74) is 5.62. The molecule has 0 aliphatic rings. The number of sulfone groups is 1. The van der Waals surface area contributed by atoms with Crippen molar-refractivity contribution < 1.29 is 13.6 Å². The van der Waals surface area contributed by atoms with Gasteiger partial charge in [0.1, 0.15) is 0 Å². The first kappa shape index (κ1) is 16.2. The van der Waals surface area contributed by atoms with E-state index in [1.54, 1.807) is 19.9 Å². The predicted molar refractivity (Wildman–Crippen MR) is 76.9 cm³/mol. The first-order chi connectivity index (χ1) is 9.32. The van der Waals surface area contributed by atoms with E-state index in [1.807, 2.05) is 0 Å². The number of aromatic nitrogens is 1. The minimum atomic E-state index is -3.17. The van der Waals surface area contributed by atoms with Crippen LogP contribution < -0.4 is 11.3 Å². The van der Waals surface area contributed by atoms with Crippen LogP contribution in [0.4, 0.5) is 0 Å². The van der Waals surface area contributed by atoms with E-state index in [0.717, 1.165) is 0 Å². The third kappa shape index (κ3) is 3.83. The van der Waals surface area contributed by atoms with Crippen molar-refractivity contribution in [3.05, 3.63) is 33.7 Å². The molecule has 1 aromatic rings. The fraction of sp³-hybridized carbons (Fsp3) is 0.500. The number of rotatable bonds is 6. The Labute approximate surface area is 117 Å². The molecule has 1 aromatic heterocycles. The van der Waals surface area contributed by atoms with Gasteiger partial charge < -0.3 is 15.5 Å². The maximum absolute atomic E-state index is 12.2. The molecule has 20 heavy (non-hydrogen) atoms. The summed E-state index contributed by atoms with van der Waals surface area (Å²) in [6, 6.07) is 3.07. The summed E-state index contributed by atoms with van der Waals surface area (Å²) in [6.45, 7) is 3.54. The Bertz CT molecular complexity index is 662. The van der Waals surface area contributed by atoms with E-state index in [4.69, 9.17) is 10.9 Å². The van der Waals surface area contributed by atoms with E-state index >= 15 is 0 Å². The van der Waals surface area contributed by atoms with Crippen LogP contribution in [0, 0.1) is 6.92 Å². The number of amidine groups is 1. The van der Waals surface area contributed by atoms with Gasteiger partial charge in [-0.05, 0) is 25.5 Å². The number of aryl methyl sites for hydroxylation is 1. The Hall–Kier alpha value is -1.83. The van der Waals surface area contributed by atoms with Gasteiger partial charge in [-0.2, -0.15) is 0 Å². The van der Waals surface area contributed by atoms with Crippen molar-refractivity contribution in [2.45, 2.75) is 26.8 Å². The molecule has 0 amide bonds. The van der Waals surface area contributed by atoms with E-state index < -0.39 is 15.4 Å². The number of oxime groups is 1. The molecule has 0 unspecified atom stereocenters. The molecule has 0 fully saturated rings. The molecule has 7 nitrogen and oxygen atoms in total. The molecule has 0 bridgehead atoms. The summed E-state index contributed by atoms with van der Waals surface area (Å²) in [7, 11) is -3.17. The molecule has 0 atom stereocenters. The van der Waals surface area contributed by atoms with Crippen LogP contribution >= 0.6 is 0 Å². The first-order valence-electron chi connectivity index (χ1n) is 6.21. The lowest BCUT2D eigenvalue weighted by Crippen LogP contribution is -2.33. The number of pyridine rings is 1. The summed E-state index contributed by atoms with van der Waals surface area (Å²) >= 11 is 0. The second-order valence-electron chi connectivity index (χ2n) is 4.48. The molecule has 0 saturated heterocycles. The van der Waals surface area contributed by atoms with Crippen molar-refractivity contribution >= 4 is 15.7 Å². The maximum Gasteiger partial charge on any atom is 0.261 e. The Morgan fingerprint density at radius 1 is 1.40 bits per heavy atom. The zero-order valence-corrected chi connectivity index (χ0v) is 12.4. The molecule has 112 valence electrons. The Kier molecular flexibility index (Phi) is 5.32. The van der Waals surface area contributed by atoms with Crippen LogP contribution in [0.2, 0.25) is 0 Å². The van der Waals surface area contributed by atoms with Crippen LogP contribution in [0.1, 0.15) is 24.6 Å². The van der Waals surface area contributed by atoms with Gasteiger partial charge in [-0.25, -0.2) is 8.42 Å². The average Bonchev–Trinajstić information content (AvgIpc) is 2.37. The summed E-state index contributed by atoms with van der Waals surface area (Å²) in [4.78, 5) is 12.2. The van der Waals surface area contributed by atoms with Crippen LogP contribution in [-0.4, -0.2) is 35.5 Å². The van der Waals surface area contributed by atoms with Crippen molar-refractivity contribution in [1.82, 2.24) is 4.57 Å². The molecular weight excluding hydrogens is 282 g/mol. The van der Waals surface area contributed by atoms with Gasteiger partial charge in [0.25, 0.3) is 5.56 Å². The lowest BCUT2D eigenvalue weighted by molar-refractivity contribution is 0.318. The normalized spacial score (nSPS) is 12.6. The lowest BCUT2D eigenvalue weighted by Gasteiger charge is -2.11. The highest BCUT2D eigenvalue weighted by Gasteiger charge is 2.14. The Morgan fingerprint density at radius 2 is 2.05 bits per heavy atom. The largest absolute Gasteiger partial charge is 0.409 e. The van der Waals surface area contributed by atoms with E-state index in [2.05, 4.69) is 5.16 Å². The van der Waals surface area contributed by atoms with E-state index in [-0.39, 0.29) is 29.4 Å². The van der Waals surface area contributed by atoms with Crippen LogP contribution in [0.15, 0.2) is 22.1 Å². The minimum absolute atomic E-state index is 0.0472. The maximum atomic E-state index is 12.2. The first-order valence-corrected chi connectivity index (χ1v) is 8.03. The molecule has 3 N–H and O–H groups in total. The van der Waals surface area contributed by atoms with Gasteiger partial charge >= 0.3 is 0 Å². The van der Waals surface area contributed by atoms with Crippen molar-refractivity contribution in [1.29, 1.82) is 0 Å². The van der Waals surface area contributed by atoms with E-state index in [1.165, 1.54) is 10.6 Å². The highest BCUT2D eigenvalue weighted by atomic mass is 32.2. The molecule has 0 aromatic carbocycles. The molecule has 8 heteroatoms. The van der Waals surface area contributed by atoms with E-state index in [0.29, 0.717) is 12.1 Å². The fourth-order valence-electron chi connectivity index (χ4n) is 1.84. The molecule has 0 aliphatic carbocycles. The van der Waals surface area contributed by atoms with Crippen LogP contribution in [0.5, 0.6) is 0 Å². The molecule has 1 heterocycles. The van der Waals surface area contributed by atoms with Gasteiger partial charge in [-0.15, -0.1) is 0 Å². The minimum Gasteiger partial charge on any atom is -0.409 e. The van der Waals surface area contributed by atoms with Crippen molar-refractivity contribution in [3.63, 3.8) is 0 Å². The van der Waals surface area contributed by atoms with Crippen molar-refractivity contribution in [2.75, 3.05) is 11.5 Å². The average molecular weight is 301 g/mol. The van der Waals surface area contributed by atoms with Crippen molar-refractivity contribution in [3.8, 4) is 0 Å². The molecule has 0 spiro atoms. The number of hydrogen-bond acceptors (Lipinski definition) is 5. The highest BCUT2D eigenvalue weighted by molar-refractivity contribution is 7.91. The summed E-state index contributed by atoms with van der Waals surface area (Å²) < 4.78 is 24.7. The second-order valence-corrected chi connectivity index (χ2v) is 6.79. The standard InChI is InChI=1S/C12H19N3O4S/c1-3-7-20(18,19)8-6-15-9(2)4-5-10(12(15)16)11(13)14-17/h4-5,17H,3,6-8H2,1-2H3,(H2,13,14). The summed E-state index contributed by atoms with van der Waals surface area (Å²) in [5, 5.41) is 11.4.